The van der Waals surface area contributed by atoms with E-state index in [1.807, 2.05) is 0 Å². The van der Waals surface area contributed by atoms with Crippen molar-refractivity contribution in [2.24, 2.45) is 17.8 Å². The van der Waals surface area contributed by atoms with Gasteiger partial charge in [0, 0.05) is 12.0 Å². The highest BCUT2D eigenvalue weighted by molar-refractivity contribution is 5.81. The van der Waals surface area contributed by atoms with E-state index in [-0.39, 0.29) is 23.8 Å². The first-order chi connectivity index (χ1) is 7.08. The Morgan fingerprint density at radius 3 is 2.40 bits per heavy atom. The summed E-state index contributed by atoms with van der Waals surface area (Å²) in [5.41, 5.74) is 0. The minimum absolute atomic E-state index is 0.0893. The summed E-state index contributed by atoms with van der Waals surface area (Å²) in [6.45, 7) is 2.07. The molecule has 15 heavy (non-hydrogen) atoms. The van der Waals surface area contributed by atoms with Crippen LogP contribution in [0.15, 0.2) is 0 Å². The minimum atomic E-state index is -0.730. The summed E-state index contributed by atoms with van der Waals surface area (Å²) in [6.07, 6.45) is 3.09. The van der Waals surface area contributed by atoms with Crippen molar-refractivity contribution in [3.63, 3.8) is 0 Å². The molecule has 0 saturated heterocycles. The molecule has 84 valence electrons. The Morgan fingerprint density at radius 1 is 1.27 bits per heavy atom. The van der Waals surface area contributed by atoms with E-state index in [9.17, 15) is 9.59 Å². The summed E-state index contributed by atoms with van der Waals surface area (Å²) < 4.78 is 0. The van der Waals surface area contributed by atoms with E-state index in [2.05, 4.69) is 12.2 Å². The minimum Gasteiger partial charge on any atom is -0.481 e. The highest BCUT2D eigenvalue weighted by Crippen LogP contribution is 2.38. The highest BCUT2D eigenvalue weighted by Gasteiger charge is 2.40. The molecule has 0 aromatic heterocycles. The first-order valence-corrected chi connectivity index (χ1v) is 5.61. The van der Waals surface area contributed by atoms with Crippen LogP contribution in [0.4, 0.5) is 0 Å². The van der Waals surface area contributed by atoms with Crippen LogP contribution in [0.25, 0.3) is 0 Å². The van der Waals surface area contributed by atoms with Crippen molar-refractivity contribution in [1.82, 2.24) is 5.32 Å². The molecule has 0 spiro atoms. The van der Waals surface area contributed by atoms with Gasteiger partial charge in [0.25, 0.3) is 0 Å². The molecule has 4 heteroatoms. The highest BCUT2D eigenvalue weighted by atomic mass is 16.4. The molecule has 0 aromatic rings. The molecule has 2 aliphatic rings. The number of hydrogen-bond donors (Lipinski definition) is 2. The molecular formula is C11H17NO3. The summed E-state index contributed by atoms with van der Waals surface area (Å²) in [4.78, 5) is 22.3. The van der Waals surface area contributed by atoms with Gasteiger partial charge < -0.3 is 10.4 Å². The summed E-state index contributed by atoms with van der Waals surface area (Å²) >= 11 is 0. The van der Waals surface area contributed by atoms with Crippen molar-refractivity contribution in [2.45, 2.75) is 38.6 Å². The van der Waals surface area contributed by atoms with Crippen LogP contribution in [-0.2, 0) is 9.59 Å². The number of carboxylic acid groups (broad SMARTS) is 1. The van der Waals surface area contributed by atoms with E-state index in [1.165, 1.54) is 0 Å². The van der Waals surface area contributed by atoms with Crippen LogP contribution < -0.4 is 5.32 Å². The maximum atomic E-state index is 11.6. The molecule has 0 radical (unpaired) electrons. The van der Waals surface area contributed by atoms with E-state index < -0.39 is 5.97 Å². The molecule has 2 rings (SSSR count). The van der Waals surface area contributed by atoms with Crippen molar-refractivity contribution < 1.29 is 14.7 Å². The number of amides is 1. The maximum absolute atomic E-state index is 11.6. The van der Waals surface area contributed by atoms with E-state index in [0.717, 1.165) is 12.8 Å². The van der Waals surface area contributed by atoms with Crippen LogP contribution in [0.5, 0.6) is 0 Å². The normalized spacial score (nSPS) is 38.7. The van der Waals surface area contributed by atoms with Gasteiger partial charge in [0.1, 0.15) is 0 Å². The summed E-state index contributed by atoms with van der Waals surface area (Å²) in [5, 5.41) is 11.8. The van der Waals surface area contributed by atoms with E-state index in [0.29, 0.717) is 18.8 Å². The first-order valence-electron chi connectivity index (χ1n) is 5.61. The Kier molecular flexibility index (Phi) is 2.67. The number of aliphatic carboxylic acids is 1. The van der Waals surface area contributed by atoms with Gasteiger partial charge in [-0.1, -0.05) is 6.92 Å². The average Bonchev–Trinajstić information content (AvgIpc) is 2.73. The summed E-state index contributed by atoms with van der Waals surface area (Å²) in [6, 6.07) is 0.0893. The molecule has 0 heterocycles. The first kappa shape index (κ1) is 10.5. The second-order valence-electron chi connectivity index (χ2n) is 4.87. The molecular weight excluding hydrogens is 194 g/mol. The quantitative estimate of drug-likeness (QED) is 0.732. The number of nitrogens with one attached hydrogen (secondary N) is 1. The Morgan fingerprint density at radius 2 is 1.93 bits per heavy atom. The maximum Gasteiger partial charge on any atom is 0.306 e. The third-order valence-electron chi connectivity index (χ3n) is 3.57. The topological polar surface area (TPSA) is 66.4 Å². The van der Waals surface area contributed by atoms with Gasteiger partial charge in [-0.15, -0.1) is 0 Å². The Bertz CT molecular complexity index is 290. The Labute approximate surface area is 89.0 Å². The number of hydrogen-bond acceptors (Lipinski definition) is 2. The molecule has 4 unspecified atom stereocenters. The standard InChI is InChI=1S/C11H17NO3/c1-6-4-9(6)10(13)12-8-3-2-7(5-8)11(14)15/h6-9H,2-5H2,1H3,(H,12,13)(H,14,15). The van der Waals surface area contributed by atoms with Crippen molar-refractivity contribution in [1.29, 1.82) is 0 Å². The number of rotatable bonds is 3. The van der Waals surface area contributed by atoms with Crippen molar-refractivity contribution >= 4 is 11.9 Å². The van der Waals surface area contributed by atoms with Gasteiger partial charge in [0.2, 0.25) is 5.91 Å². The Balaban J connectivity index is 1.77. The summed E-state index contributed by atoms with van der Waals surface area (Å²) in [5.74, 6) is -0.160. The molecule has 2 N–H and O–H groups in total. The molecule has 2 fully saturated rings. The van der Waals surface area contributed by atoms with Gasteiger partial charge in [-0.05, 0) is 31.6 Å². The zero-order valence-corrected chi connectivity index (χ0v) is 8.90. The lowest BCUT2D eigenvalue weighted by molar-refractivity contribution is -0.141. The van der Waals surface area contributed by atoms with E-state index in [1.54, 1.807) is 0 Å². The second kappa shape index (κ2) is 3.83. The monoisotopic (exact) mass is 211 g/mol. The fourth-order valence-corrected chi connectivity index (χ4v) is 2.33. The van der Waals surface area contributed by atoms with Crippen molar-refractivity contribution in [3.05, 3.63) is 0 Å². The Hall–Kier alpha value is -1.06. The largest absolute Gasteiger partial charge is 0.481 e. The zero-order chi connectivity index (χ0) is 11.0. The molecule has 4 atom stereocenters. The molecule has 0 aliphatic heterocycles. The number of carbonyl (C=O) groups is 2. The molecule has 4 nitrogen and oxygen atoms in total. The van der Waals surface area contributed by atoms with Gasteiger partial charge in [-0.25, -0.2) is 0 Å². The predicted molar refractivity (Wildman–Crippen MR) is 54.2 cm³/mol. The lowest BCUT2D eigenvalue weighted by Gasteiger charge is -2.11. The van der Waals surface area contributed by atoms with Gasteiger partial charge in [-0.2, -0.15) is 0 Å². The zero-order valence-electron chi connectivity index (χ0n) is 8.90. The molecule has 2 saturated carbocycles. The summed E-state index contributed by atoms with van der Waals surface area (Å²) in [7, 11) is 0. The molecule has 1 amide bonds. The van der Waals surface area contributed by atoms with Crippen molar-refractivity contribution in [2.75, 3.05) is 0 Å². The third kappa shape index (κ3) is 2.30. The van der Waals surface area contributed by atoms with Crippen LogP contribution in [0, 0.1) is 17.8 Å². The second-order valence-corrected chi connectivity index (χ2v) is 4.87. The fraction of sp³-hybridized carbons (Fsp3) is 0.818. The number of carboxylic acids is 1. The lowest BCUT2D eigenvalue weighted by Crippen LogP contribution is -2.34. The third-order valence-corrected chi connectivity index (χ3v) is 3.57. The molecule has 0 bridgehead atoms. The van der Waals surface area contributed by atoms with Gasteiger partial charge >= 0.3 is 5.97 Å². The smallest absolute Gasteiger partial charge is 0.306 e. The van der Waals surface area contributed by atoms with Gasteiger partial charge in [0.05, 0.1) is 5.92 Å². The lowest BCUT2D eigenvalue weighted by atomic mass is 10.1. The van der Waals surface area contributed by atoms with Crippen LogP contribution >= 0.6 is 0 Å². The van der Waals surface area contributed by atoms with Gasteiger partial charge in [-0.3, -0.25) is 9.59 Å². The van der Waals surface area contributed by atoms with Crippen LogP contribution in [0.1, 0.15) is 32.6 Å². The van der Waals surface area contributed by atoms with Crippen LogP contribution in [0.3, 0.4) is 0 Å². The fourth-order valence-electron chi connectivity index (χ4n) is 2.33. The molecule has 2 aliphatic carbocycles. The van der Waals surface area contributed by atoms with E-state index >= 15 is 0 Å². The predicted octanol–water partition coefficient (Wildman–Crippen LogP) is 1.01. The molecule has 0 aromatic carbocycles. The average molecular weight is 211 g/mol. The van der Waals surface area contributed by atoms with Crippen LogP contribution in [-0.4, -0.2) is 23.0 Å². The van der Waals surface area contributed by atoms with Crippen LogP contribution in [0.2, 0.25) is 0 Å². The van der Waals surface area contributed by atoms with E-state index in [4.69, 9.17) is 5.11 Å². The number of carbonyl (C=O) groups excluding carboxylic acids is 1. The SMILES string of the molecule is CC1CC1C(=O)NC1CCC(C(=O)O)C1. The van der Waals surface area contributed by atoms with Crippen molar-refractivity contribution in [3.8, 4) is 0 Å². The van der Waals surface area contributed by atoms with Gasteiger partial charge in [0.15, 0.2) is 0 Å².